The number of amides is 2. The smallest absolute Gasteiger partial charge is 0.293 e. The SMILES string of the molecule is COc1cc(/C=C2\SC(=O)N(Cc3c(F)cccc3Cl)C2=O)cc(Br)c1OCc1ccc(F)cc1. The summed E-state index contributed by atoms with van der Waals surface area (Å²) in [4.78, 5) is 26.5. The Morgan fingerprint density at radius 3 is 2.54 bits per heavy atom. The topological polar surface area (TPSA) is 55.8 Å². The molecule has 1 saturated heterocycles. The van der Waals surface area contributed by atoms with Gasteiger partial charge in [-0.2, -0.15) is 0 Å². The third-order valence-corrected chi connectivity index (χ3v) is 6.95. The molecule has 0 atom stereocenters. The first kappa shape index (κ1) is 25.2. The predicted molar refractivity (Wildman–Crippen MR) is 134 cm³/mol. The second kappa shape index (κ2) is 10.8. The number of thioether (sulfide) groups is 1. The van der Waals surface area contributed by atoms with E-state index in [0.717, 1.165) is 22.2 Å². The third-order valence-electron chi connectivity index (χ3n) is 5.10. The van der Waals surface area contributed by atoms with Crippen LogP contribution in [0.2, 0.25) is 5.02 Å². The molecule has 2 amide bonds. The Morgan fingerprint density at radius 1 is 1.11 bits per heavy atom. The van der Waals surface area contributed by atoms with Gasteiger partial charge in [0.25, 0.3) is 11.1 Å². The summed E-state index contributed by atoms with van der Waals surface area (Å²) >= 11 is 10.3. The Bertz CT molecular complexity index is 1310. The standard InChI is InChI=1S/C25H17BrClF2NO4S/c1-33-21-10-15(9-18(26)23(21)34-13-14-5-7-16(28)8-6-14)11-22-24(31)30(25(32)35-22)12-17-19(27)3-2-4-20(17)29/h2-11H,12-13H2,1H3/b22-11-. The fraction of sp³-hybridized carbons (Fsp3) is 0.120. The molecule has 1 heterocycles. The molecule has 180 valence electrons. The highest BCUT2D eigenvalue weighted by Crippen LogP contribution is 2.40. The lowest BCUT2D eigenvalue weighted by Crippen LogP contribution is -2.28. The summed E-state index contributed by atoms with van der Waals surface area (Å²) in [6.07, 6.45) is 1.55. The predicted octanol–water partition coefficient (Wildman–Crippen LogP) is 7.20. The van der Waals surface area contributed by atoms with E-state index in [0.29, 0.717) is 21.5 Å². The van der Waals surface area contributed by atoms with Crippen molar-refractivity contribution < 1.29 is 27.8 Å². The molecule has 0 radical (unpaired) electrons. The van der Waals surface area contributed by atoms with Crippen molar-refractivity contribution in [3.05, 3.63) is 97.3 Å². The number of imide groups is 1. The maximum absolute atomic E-state index is 14.2. The van der Waals surface area contributed by atoms with Gasteiger partial charge < -0.3 is 9.47 Å². The number of halogens is 4. The molecule has 3 aromatic rings. The van der Waals surface area contributed by atoms with E-state index in [4.69, 9.17) is 21.1 Å². The lowest BCUT2D eigenvalue weighted by molar-refractivity contribution is -0.123. The third kappa shape index (κ3) is 5.69. The minimum absolute atomic E-state index is 0.0739. The fourth-order valence-corrected chi connectivity index (χ4v) is 4.96. The van der Waals surface area contributed by atoms with Crippen molar-refractivity contribution >= 4 is 56.5 Å². The molecule has 0 spiro atoms. The van der Waals surface area contributed by atoms with Crippen molar-refractivity contribution in [2.75, 3.05) is 7.11 Å². The summed E-state index contributed by atoms with van der Waals surface area (Å²) in [6, 6.07) is 13.5. The van der Waals surface area contributed by atoms with Crippen molar-refractivity contribution in [1.82, 2.24) is 4.90 Å². The summed E-state index contributed by atoms with van der Waals surface area (Å²) in [5.41, 5.74) is 1.43. The van der Waals surface area contributed by atoms with Crippen LogP contribution in [0, 0.1) is 11.6 Å². The maximum Gasteiger partial charge on any atom is 0.293 e. The number of hydrogen-bond donors (Lipinski definition) is 0. The minimum Gasteiger partial charge on any atom is -0.493 e. The van der Waals surface area contributed by atoms with Crippen LogP contribution in [-0.2, 0) is 17.9 Å². The number of carbonyl (C=O) groups is 2. The molecule has 1 fully saturated rings. The first-order chi connectivity index (χ1) is 16.8. The van der Waals surface area contributed by atoms with Crippen LogP contribution in [-0.4, -0.2) is 23.2 Å². The number of ether oxygens (including phenoxy) is 2. The molecule has 0 aliphatic carbocycles. The van der Waals surface area contributed by atoms with Crippen molar-refractivity contribution in [2.24, 2.45) is 0 Å². The second-order valence-corrected chi connectivity index (χ2v) is 9.67. The van der Waals surface area contributed by atoms with Crippen LogP contribution in [0.15, 0.2) is 64.0 Å². The van der Waals surface area contributed by atoms with Gasteiger partial charge in [-0.15, -0.1) is 0 Å². The van der Waals surface area contributed by atoms with Crippen molar-refractivity contribution in [3.8, 4) is 11.5 Å². The number of nitrogens with zero attached hydrogens (tertiary/aromatic N) is 1. The Balaban J connectivity index is 1.54. The van der Waals surface area contributed by atoms with Crippen LogP contribution < -0.4 is 9.47 Å². The number of hydrogen-bond acceptors (Lipinski definition) is 5. The summed E-state index contributed by atoms with van der Waals surface area (Å²) in [5, 5.41) is -0.385. The molecule has 0 saturated carbocycles. The molecule has 3 aromatic carbocycles. The van der Waals surface area contributed by atoms with E-state index in [-0.39, 0.29) is 34.5 Å². The Hall–Kier alpha value is -2.88. The summed E-state index contributed by atoms with van der Waals surface area (Å²) < 4.78 is 39.1. The van der Waals surface area contributed by atoms with Crippen molar-refractivity contribution in [3.63, 3.8) is 0 Å². The van der Waals surface area contributed by atoms with Gasteiger partial charge in [-0.3, -0.25) is 14.5 Å². The fourth-order valence-electron chi connectivity index (χ4n) is 3.33. The van der Waals surface area contributed by atoms with E-state index >= 15 is 0 Å². The summed E-state index contributed by atoms with van der Waals surface area (Å²) in [5.74, 6) is -0.656. The van der Waals surface area contributed by atoms with Crippen LogP contribution in [0.3, 0.4) is 0 Å². The molecule has 0 N–H and O–H groups in total. The molecule has 0 aromatic heterocycles. The van der Waals surface area contributed by atoms with Gasteiger partial charge in [0.1, 0.15) is 18.2 Å². The number of methoxy groups -OCH3 is 1. The van der Waals surface area contributed by atoms with Gasteiger partial charge in [-0.05, 0) is 81.3 Å². The van der Waals surface area contributed by atoms with Gasteiger partial charge in [-0.25, -0.2) is 8.78 Å². The number of carbonyl (C=O) groups excluding carboxylic acids is 2. The van der Waals surface area contributed by atoms with Crippen LogP contribution in [0.4, 0.5) is 13.6 Å². The number of rotatable bonds is 7. The summed E-state index contributed by atoms with van der Waals surface area (Å²) in [7, 11) is 1.47. The van der Waals surface area contributed by atoms with Gasteiger partial charge in [0.05, 0.1) is 23.0 Å². The van der Waals surface area contributed by atoms with E-state index in [1.165, 1.54) is 37.4 Å². The molecular formula is C25H17BrClF2NO4S. The molecule has 1 aliphatic rings. The van der Waals surface area contributed by atoms with Gasteiger partial charge >= 0.3 is 0 Å². The Kier molecular flexibility index (Phi) is 7.78. The second-order valence-electron chi connectivity index (χ2n) is 7.42. The first-order valence-corrected chi connectivity index (χ1v) is 12.2. The molecule has 4 rings (SSSR count). The zero-order valence-electron chi connectivity index (χ0n) is 18.2. The molecule has 5 nitrogen and oxygen atoms in total. The van der Waals surface area contributed by atoms with Crippen molar-refractivity contribution in [1.29, 1.82) is 0 Å². The van der Waals surface area contributed by atoms with Gasteiger partial charge in [0.15, 0.2) is 11.5 Å². The zero-order valence-corrected chi connectivity index (χ0v) is 21.3. The average molecular weight is 581 g/mol. The Labute approximate surface area is 217 Å². The van der Waals surface area contributed by atoms with Crippen molar-refractivity contribution in [2.45, 2.75) is 13.2 Å². The molecule has 0 bridgehead atoms. The van der Waals surface area contributed by atoms with Gasteiger partial charge in [-0.1, -0.05) is 29.8 Å². The van der Waals surface area contributed by atoms with Crippen LogP contribution in [0.25, 0.3) is 6.08 Å². The molecule has 1 aliphatic heterocycles. The zero-order chi connectivity index (χ0) is 25.1. The normalized spacial score (nSPS) is 14.7. The lowest BCUT2D eigenvalue weighted by atomic mass is 10.1. The van der Waals surface area contributed by atoms with Gasteiger partial charge in [0, 0.05) is 10.6 Å². The monoisotopic (exact) mass is 579 g/mol. The molecule has 35 heavy (non-hydrogen) atoms. The van der Waals surface area contributed by atoms with Gasteiger partial charge in [0.2, 0.25) is 0 Å². The quantitative estimate of drug-likeness (QED) is 0.277. The minimum atomic E-state index is -0.592. The first-order valence-electron chi connectivity index (χ1n) is 10.2. The van der Waals surface area contributed by atoms with E-state index in [1.54, 1.807) is 30.3 Å². The maximum atomic E-state index is 14.2. The lowest BCUT2D eigenvalue weighted by Gasteiger charge is -2.14. The van der Waals surface area contributed by atoms with E-state index < -0.39 is 17.0 Å². The van der Waals surface area contributed by atoms with Crippen LogP contribution >= 0.6 is 39.3 Å². The Morgan fingerprint density at radius 2 is 1.86 bits per heavy atom. The molecule has 0 unspecified atom stereocenters. The highest BCUT2D eigenvalue weighted by molar-refractivity contribution is 9.10. The van der Waals surface area contributed by atoms with E-state index in [2.05, 4.69) is 15.9 Å². The summed E-state index contributed by atoms with van der Waals surface area (Å²) in [6.45, 7) is -0.0806. The molecule has 10 heteroatoms. The largest absolute Gasteiger partial charge is 0.493 e. The highest BCUT2D eigenvalue weighted by atomic mass is 79.9. The van der Waals surface area contributed by atoms with Crippen LogP contribution in [0.1, 0.15) is 16.7 Å². The number of benzene rings is 3. The highest BCUT2D eigenvalue weighted by Gasteiger charge is 2.36. The van der Waals surface area contributed by atoms with E-state index in [9.17, 15) is 18.4 Å². The molecular weight excluding hydrogens is 564 g/mol. The van der Waals surface area contributed by atoms with Crippen LogP contribution in [0.5, 0.6) is 11.5 Å². The van der Waals surface area contributed by atoms with E-state index in [1.807, 2.05) is 0 Å². The average Bonchev–Trinajstić information content (AvgIpc) is 3.08.